The number of fused-ring (bicyclic) bond motifs is 1. The molecule has 0 amide bonds. The molecular formula is C15H27BrN2O. The van der Waals surface area contributed by atoms with Crippen LogP contribution in [0.2, 0.25) is 0 Å². The van der Waals surface area contributed by atoms with E-state index in [0.29, 0.717) is 11.5 Å². The lowest BCUT2D eigenvalue weighted by Gasteiger charge is -2.47. The molecule has 0 aliphatic carbocycles. The lowest BCUT2D eigenvalue weighted by molar-refractivity contribution is -0.0201. The molecule has 3 rings (SSSR count). The monoisotopic (exact) mass is 330 g/mol. The highest BCUT2D eigenvalue weighted by molar-refractivity contribution is 9.09. The van der Waals surface area contributed by atoms with E-state index in [1.807, 2.05) is 0 Å². The molecule has 3 aliphatic heterocycles. The second-order valence-corrected chi connectivity index (χ2v) is 7.38. The van der Waals surface area contributed by atoms with E-state index >= 15 is 0 Å². The van der Waals surface area contributed by atoms with Gasteiger partial charge < -0.3 is 4.74 Å². The fraction of sp³-hybridized carbons (Fsp3) is 1.00. The molecule has 3 nitrogen and oxygen atoms in total. The molecule has 0 radical (unpaired) electrons. The Kier molecular flexibility index (Phi) is 4.52. The van der Waals surface area contributed by atoms with Crippen LogP contribution in [0.1, 0.15) is 32.6 Å². The predicted octanol–water partition coefficient (Wildman–Crippen LogP) is 2.35. The van der Waals surface area contributed by atoms with Crippen LogP contribution in [0.4, 0.5) is 0 Å². The summed E-state index contributed by atoms with van der Waals surface area (Å²) in [6, 6.07) is 1.55. The number of piperazine rings is 1. The minimum absolute atomic E-state index is 0.452. The smallest absolute Gasteiger partial charge is 0.0472 e. The lowest BCUT2D eigenvalue weighted by atomic mass is 9.81. The number of hydrogen-bond acceptors (Lipinski definition) is 3. The van der Waals surface area contributed by atoms with Gasteiger partial charge in [0.05, 0.1) is 0 Å². The number of hydrogen-bond donors (Lipinski definition) is 0. The van der Waals surface area contributed by atoms with E-state index in [-0.39, 0.29) is 0 Å². The average molecular weight is 331 g/mol. The molecule has 4 heteroatoms. The molecular weight excluding hydrogens is 304 g/mol. The Balaban J connectivity index is 1.64. The molecule has 2 unspecified atom stereocenters. The van der Waals surface area contributed by atoms with Crippen molar-refractivity contribution >= 4 is 15.9 Å². The van der Waals surface area contributed by atoms with Gasteiger partial charge in [-0.3, -0.25) is 9.80 Å². The zero-order valence-corrected chi connectivity index (χ0v) is 13.7. The maximum atomic E-state index is 5.56. The SMILES string of the molecule is CC1CN2CCCC2CN1CC1(CBr)CCOCC1. The molecule has 2 atom stereocenters. The quantitative estimate of drug-likeness (QED) is 0.739. The van der Waals surface area contributed by atoms with Gasteiger partial charge in [0, 0.05) is 50.3 Å². The maximum absolute atomic E-state index is 5.56. The molecule has 110 valence electrons. The van der Waals surface area contributed by atoms with Gasteiger partial charge >= 0.3 is 0 Å². The minimum Gasteiger partial charge on any atom is -0.381 e. The van der Waals surface area contributed by atoms with Crippen LogP contribution in [0.25, 0.3) is 0 Å². The van der Waals surface area contributed by atoms with Gasteiger partial charge in [0.15, 0.2) is 0 Å². The highest BCUT2D eigenvalue weighted by atomic mass is 79.9. The van der Waals surface area contributed by atoms with E-state index in [2.05, 4.69) is 32.7 Å². The van der Waals surface area contributed by atoms with Crippen molar-refractivity contribution in [2.45, 2.75) is 44.7 Å². The van der Waals surface area contributed by atoms with Crippen LogP contribution in [-0.4, -0.2) is 66.6 Å². The van der Waals surface area contributed by atoms with Gasteiger partial charge in [0.2, 0.25) is 0 Å². The van der Waals surface area contributed by atoms with Crippen molar-refractivity contribution in [2.24, 2.45) is 5.41 Å². The van der Waals surface area contributed by atoms with Crippen molar-refractivity contribution in [1.82, 2.24) is 9.80 Å². The number of alkyl halides is 1. The largest absolute Gasteiger partial charge is 0.381 e. The van der Waals surface area contributed by atoms with Crippen LogP contribution in [0, 0.1) is 5.41 Å². The Morgan fingerprint density at radius 2 is 2.05 bits per heavy atom. The topological polar surface area (TPSA) is 15.7 Å². The fourth-order valence-corrected chi connectivity index (χ4v) is 4.78. The summed E-state index contributed by atoms with van der Waals surface area (Å²) in [6.07, 6.45) is 5.25. The van der Waals surface area contributed by atoms with Gasteiger partial charge in [-0.15, -0.1) is 0 Å². The second-order valence-electron chi connectivity index (χ2n) is 6.82. The summed E-state index contributed by atoms with van der Waals surface area (Å²) < 4.78 is 5.56. The summed E-state index contributed by atoms with van der Waals surface area (Å²) in [6.45, 7) is 9.46. The third-order valence-electron chi connectivity index (χ3n) is 5.44. The highest BCUT2D eigenvalue weighted by Crippen LogP contribution is 2.35. The number of rotatable bonds is 3. The van der Waals surface area contributed by atoms with Crippen molar-refractivity contribution in [3.63, 3.8) is 0 Å². The second kappa shape index (κ2) is 6.00. The van der Waals surface area contributed by atoms with E-state index in [0.717, 1.165) is 24.6 Å². The zero-order valence-electron chi connectivity index (χ0n) is 12.1. The minimum atomic E-state index is 0.452. The summed E-state index contributed by atoms with van der Waals surface area (Å²) in [5.41, 5.74) is 0.452. The third kappa shape index (κ3) is 3.02. The lowest BCUT2D eigenvalue weighted by Crippen LogP contribution is -2.58. The predicted molar refractivity (Wildman–Crippen MR) is 81.9 cm³/mol. The molecule has 0 aromatic rings. The summed E-state index contributed by atoms with van der Waals surface area (Å²) in [5.74, 6) is 0. The molecule has 3 heterocycles. The van der Waals surface area contributed by atoms with Crippen LogP contribution in [-0.2, 0) is 4.74 Å². The molecule has 0 N–H and O–H groups in total. The third-order valence-corrected chi connectivity index (χ3v) is 6.63. The van der Waals surface area contributed by atoms with Crippen molar-refractivity contribution < 1.29 is 4.74 Å². The van der Waals surface area contributed by atoms with Gasteiger partial charge in [-0.2, -0.15) is 0 Å². The van der Waals surface area contributed by atoms with Crippen molar-refractivity contribution in [3.8, 4) is 0 Å². The van der Waals surface area contributed by atoms with Crippen molar-refractivity contribution in [1.29, 1.82) is 0 Å². The Hall–Kier alpha value is 0.360. The first kappa shape index (κ1) is 14.3. The number of nitrogens with zero attached hydrogens (tertiary/aromatic N) is 2. The average Bonchev–Trinajstić information content (AvgIpc) is 2.87. The molecule has 0 spiro atoms. The maximum Gasteiger partial charge on any atom is 0.0472 e. The molecule has 0 aromatic carbocycles. The van der Waals surface area contributed by atoms with E-state index in [4.69, 9.17) is 4.74 Å². The molecule has 3 saturated heterocycles. The van der Waals surface area contributed by atoms with Gasteiger partial charge in [0.25, 0.3) is 0 Å². The molecule has 3 fully saturated rings. The Bertz CT molecular complexity index is 307. The summed E-state index contributed by atoms with van der Waals surface area (Å²) in [7, 11) is 0. The van der Waals surface area contributed by atoms with Crippen molar-refractivity contribution in [2.75, 3.05) is 44.7 Å². The Labute approximate surface area is 125 Å². The van der Waals surface area contributed by atoms with Crippen LogP contribution in [0.15, 0.2) is 0 Å². The first-order valence-corrected chi connectivity index (χ1v) is 8.96. The first-order valence-electron chi connectivity index (χ1n) is 7.84. The Morgan fingerprint density at radius 3 is 2.79 bits per heavy atom. The zero-order chi connectivity index (χ0) is 13.3. The van der Waals surface area contributed by atoms with Crippen LogP contribution >= 0.6 is 15.9 Å². The molecule has 0 saturated carbocycles. The Morgan fingerprint density at radius 1 is 1.26 bits per heavy atom. The first-order chi connectivity index (χ1) is 9.22. The van der Waals surface area contributed by atoms with Crippen LogP contribution in [0.5, 0.6) is 0 Å². The molecule has 19 heavy (non-hydrogen) atoms. The van der Waals surface area contributed by atoms with Crippen LogP contribution in [0.3, 0.4) is 0 Å². The summed E-state index contributed by atoms with van der Waals surface area (Å²) >= 11 is 3.78. The molecule has 0 aromatic heterocycles. The summed E-state index contributed by atoms with van der Waals surface area (Å²) in [4.78, 5) is 5.48. The van der Waals surface area contributed by atoms with E-state index in [1.54, 1.807) is 0 Å². The normalized spacial score (nSPS) is 36.3. The fourth-order valence-electron chi connectivity index (χ4n) is 4.04. The van der Waals surface area contributed by atoms with Gasteiger partial charge in [-0.25, -0.2) is 0 Å². The standard InChI is InChI=1S/C15H27BrN2O/c1-13-9-17-6-2-3-14(17)10-18(13)12-15(11-16)4-7-19-8-5-15/h13-14H,2-12H2,1H3. The summed E-state index contributed by atoms with van der Waals surface area (Å²) in [5, 5.41) is 1.13. The van der Waals surface area contributed by atoms with E-state index in [9.17, 15) is 0 Å². The molecule has 3 aliphatic rings. The molecule has 0 bridgehead atoms. The highest BCUT2D eigenvalue weighted by Gasteiger charge is 2.39. The number of ether oxygens (including phenoxy) is 1. The van der Waals surface area contributed by atoms with E-state index < -0.39 is 0 Å². The number of halogens is 1. The van der Waals surface area contributed by atoms with Gasteiger partial charge in [-0.05, 0) is 44.6 Å². The van der Waals surface area contributed by atoms with Crippen molar-refractivity contribution in [3.05, 3.63) is 0 Å². The van der Waals surface area contributed by atoms with Gasteiger partial charge in [-0.1, -0.05) is 15.9 Å². The van der Waals surface area contributed by atoms with Crippen LogP contribution < -0.4 is 0 Å². The van der Waals surface area contributed by atoms with E-state index in [1.165, 1.54) is 51.9 Å². The van der Waals surface area contributed by atoms with Gasteiger partial charge in [0.1, 0.15) is 0 Å².